The number of hydrogen-bond acceptors (Lipinski definition) is 5. The lowest BCUT2D eigenvalue weighted by atomic mass is 9.95. The van der Waals surface area contributed by atoms with E-state index in [9.17, 15) is 14.4 Å². The van der Waals surface area contributed by atoms with Crippen LogP contribution < -0.4 is 10.8 Å². The van der Waals surface area contributed by atoms with Crippen molar-refractivity contribution in [1.29, 1.82) is 0 Å². The number of alkyl carbamates (subject to hydrolysis) is 1. The van der Waals surface area contributed by atoms with Gasteiger partial charge in [-0.3, -0.25) is 4.79 Å². The van der Waals surface area contributed by atoms with Gasteiger partial charge >= 0.3 is 12.1 Å². The Kier molecular flexibility index (Phi) is 8.06. The first-order valence-corrected chi connectivity index (χ1v) is 14.1. The Morgan fingerprint density at radius 1 is 1.10 bits per heavy atom. The molecule has 206 valence electrons. The number of rotatable bonds is 5. The average molecular weight is 652 g/mol. The number of carbonyl (C=O) groups excluding carboxylic acids is 3. The van der Waals surface area contributed by atoms with Gasteiger partial charge in [-0.2, -0.15) is 0 Å². The lowest BCUT2D eigenvalue weighted by Crippen LogP contribution is -2.52. The molecule has 3 aromatic rings. The number of methoxy groups -OCH3 is 1. The summed E-state index contributed by atoms with van der Waals surface area (Å²) in [5.41, 5.74) is 4.57. The number of urea groups is 1. The maximum absolute atomic E-state index is 13.9. The molecule has 1 fully saturated rings. The van der Waals surface area contributed by atoms with Gasteiger partial charge in [-0.1, -0.05) is 49.6 Å². The third-order valence-corrected chi connectivity index (χ3v) is 8.00. The molecule has 2 aliphatic rings. The zero-order valence-electron chi connectivity index (χ0n) is 22.6. The Hall–Kier alpha value is -3.55. The molecule has 1 aromatic heterocycles. The molecule has 5 rings (SSSR count). The molecule has 12 heteroatoms. The minimum absolute atomic E-state index is 0.0662. The van der Waals surface area contributed by atoms with E-state index in [0.29, 0.717) is 24.4 Å². The zero-order valence-corrected chi connectivity index (χ0v) is 24.7. The molecule has 4 amide bonds. The Morgan fingerprint density at radius 2 is 1.82 bits per heavy atom. The highest BCUT2D eigenvalue weighted by Crippen LogP contribution is 2.32. The predicted molar refractivity (Wildman–Crippen MR) is 159 cm³/mol. The third kappa shape index (κ3) is 5.67. The fourth-order valence-electron chi connectivity index (χ4n) is 5.14. The van der Waals surface area contributed by atoms with E-state index in [2.05, 4.69) is 50.0 Å². The number of amides is 4. The fourth-order valence-corrected chi connectivity index (χ4v) is 5.69. The SMILES string of the molecule is [B]c1ccc(-c2cnc(C3CN(C(=O)N4Cc5ccc(I)cc5C4)CN3C(=O)[C@@H](NC(=O)OC)C(C)C)[nH]2)cc1. The third-order valence-electron chi connectivity index (χ3n) is 7.33. The maximum Gasteiger partial charge on any atom is 0.407 e. The summed E-state index contributed by atoms with van der Waals surface area (Å²) in [7, 11) is 7.10. The van der Waals surface area contributed by atoms with Gasteiger partial charge in [0.2, 0.25) is 5.91 Å². The number of ether oxygens (including phenoxy) is 1. The van der Waals surface area contributed by atoms with Gasteiger partial charge in [0.25, 0.3) is 0 Å². The van der Waals surface area contributed by atoms with E-state index >= 15 is 0 Å². The number of fused-ring (bicyclic) bond motifs is 1. The molecule has 2 aromatic carbocycles. The zero-order chi connectivity index (χ0) is 28.6. The maximum atomic E-state index is 13.9. The van der Waals surface area contributed by atoms with Crippen LogP contribution in [0.4, 0.5) is 9.59 Å². The second kappa shape index (κ2) is 11.5. The standard InChI is InChI=1S/C28H30BIN6O4/c1-16(2)24(33-27(38)40-3)26(37)36-15-35(28(39)34-12-18-6-9-21(30)10-19(18)13-34)14-23(36)25-31-11-22(32-25)17-4-7-20(29)8-5-17/h4-11,16,23-24H,12-15H2,1-3H3,(H,31,32)(H,33,38)/t23?,24-/m0/s1. The van der Waals surface area contributed by atoms with Crippen molar-refractivity contribution in [2.45, 2.75) is 39.0 Å². The summed E-state index contributed by atoms with van der Waals surface area (Å²) in [6, 6.07) is 12.1. The summed E-state index contributed by atoms with van der Waals surface area (Å²) in [5.74, 6) is 0.0233. The molecule has 40 heavy (non-hydrogen) atoms. The summed E-state index contributed by atoms with van der Waals surface area (Å²) in [4.78, 5) is 52.7. The van der Waals surface area contributed by atoms with Crippen LogP contribution in [0.25, 0.3) is 11.3 Å². The number of aromatic amines is 1. The van der Waals surface area contributed by atoms with Crippen LogP contribution in [-0.2, 0) is 22.6 Å². The molecule has 0 saturated carbocycles. The molecule has 0 spiro atoms. The molecule has 0 aliphatic carbocycles. The summed E-state index contributed by atoms with van der Waals surface area (Å²) in [6.45, 7) is 5.05. The van der Waals surface area contributed by atoms with Gasteiger partial charge in [-0.25, -0.2) is 14.6 Å². The molecule has 0 bridgehead atoms. The van der Waals surface area contributed by atoms with Crippen molar-refractivity contribution in [2.24, 2.45) is 5.92 Å². The van der Waals surface area contributed by atoms with Gasteiger partial charge in [0.15, 0.2) is 0 Å². The molecule has 2 N–H and O–H groups in total. The number of nitrogens with zero attached hydrogens (tertiary/aromatic N) is 4. The second-order valence-electron chi connectivity index (χ2n) is 10.4. The van der Waals surface area contributed by atoms with Gasteiger partial charge in [-0.15, -0.1) is 0 Å². The number of aromatic nitrogens is 2. The number of H-pyrrole nitrogens is 1. The molecular weight excluding hydrogens is 622 g/mol. The van der Waals surface area contributed by atoms with Gasteiger partial charge in [-0.05, 0) is 57.3 Å². The first-order chi connectivity index (χ1) is 19.1. The molecule has 1 saturated heterocycles. The molecule has 2 radical (unpaired) electrons. The van der Waals surface area contributed by atoms with Crippen LogP contribution in [0.15, 0.2) is 48.7 Å². The largest absolute Gasteiger partial charge is 0.453 e. The van der Waals surface area contributed by atoms with Crippen LogP contribution in [0.2, 0.25) is 0 Å². The summed E-state index contributed by atoms with van der Waals surface area (Å²) < 4.78 is 5.88. The van der Waals surface area contributed by atoms with E-state index in [1.54, 1.807) is 20.9 Å². The van der Waals surface area contributed by atoms with E-state index < -0.39 is 18.2 Å². The molecule has 2 atom stereocenters. The number of hydrogen-bond donors (Lipinski definition) is 2. The van der Waals surface area contributed by atoms with Crippen molar-refractivity contribution in [1.82, 2.24) is 30.0 Å². The van der Waals surface area contributed by atoms with Crippen molar-refractivity contribution in [3.8, 4) is 11.3 Å². The first kappa shape index (κ1) is 28.0. The Balaban J connectivity index is 1.42. The Bertz CT molecular complexity index is 1430. The number of benzene rings is 2. The Morgan fingerprint density at radius 3 is 2.52 bits per heavy atom. The predicted octanol–water partition coefficient (Wildman–Crippen LogP) is 3.13. The van der Waals surface area contributed by atoms with Crippen molar-refractivity contribution in [3.63, 3.8) is 0 Å². The van der Waals surface area contributed by atoms with Crippen LogP contribution in [0.5, 0.6) is 0 Å². The average Bonchev–Trinajstić information content (AvgIpc) is 3.69. The van der Waals surface area contributed by atoms with Gasteiger partial charge in [0, 0.05) is 16.7 Å². The number of carbonyl (C=O) groups is 3. The van der Waals surface area contributed by atoms with Crippen molar-refractivity contribution in [2.75, 3.05) is 20.3 Å². The van der Waals surface area contributed by atoms with Crippen molar-refractivity contribution < 1.29 is 19.1 Å². The first-order valence-electron chi connectivity index (χ1n) is 13.0. The minimum atomic E-state index is -0.838. The van der Waals surface area contributed by atoms with Crippen LogP contribution in [-0.4, -0.2) is 76.9 Å². The van der Waals surface area contributed by atoms with E-state index in [1.165, 1.54) is 7.11 Å². The summed E-state index contributed by atoms with van der Waals surface area (Å²) in [6.07, 6.45) is 1.02. The van der Waals surface area contributed by atoms with E-state index in [4.69, 9.17) is 12.6 Å². The Labute approximate surface area is 248 Å². The highest BCUT2D eigenvalue weighted by molar-refractivity contribution is 14.1. The second-order valence-corrected chi connectivity index (χ2v) is 11.6. The normalized spacial score (nSPS) is 17.2. The van der Waals surface area contributed by atoms with Crippen LogP contribution >= 0.6 is 22.6 Å². The lowest BCUT2D eigenvalue weighted by molar-refractivity contribution is -0.135. The fraction of sp³-hybridized carbons (Fsp3) is 0.357. The van der Waals surface area contributed by atoms with Crippen LogP contribution in [0.3, 0.4) is 0 Å². The molecule has 1 unspecified atom stereocenters. The topological polar surface area (TPSA) is 111 Å². The lowest BCUT2D eigenvalue weighted by Gasteiger charge is -2.29. The number of imidazole rings is 1. The van der Waals surface area contributed by atoms with Gasteiger partial charge in [0.05, 0.1) is 32.2 Å². The van der Waals surface area contributed by atoms with E-state index in [-0.39, 0.29) is 31.1 Å². The smallest absolute Gasteiger partial charge is 0.407 e. The van der Waals surface area contributed by atoms with Crippen molar-refractivity contribution >= 4 is 53.9 Å². The molecule has 2 aliphatic heterocycles. The van der Waals surface area contributed by atoms with E-state index in [0.717, 1.165) is 26.0 Å². The van der Waals surface area contributed by atoms with Gasteiger partial charge in [0.1, 0.15) is 25.8 Å². The molecular formula is C28H30BIN6O4. The summed E-state index contributed by atoms with van der Waals surface area (Å²) >= 11 is 2.27. The summed E-state index contributed by atoms with van der Waals surface area (Å²) in [5, 5.41) is 2.66. The van der Waals surface area contributed by atoms with Crippen LogP contribution in [0, 0.1) is 9.49 Å². The van der Waals surface area contributed by atoms with Crippen LogP contribution in [0.1, 0.15) is 36.8 Å². The highest BCUT2D eigenvalue weighted by atomic mass is 127. The van der Waals surface area contributed by atoms with Gasteiger partial charge < -0.3 is 29.7 Å². The minimum Gasteiger partial charge on any atom is -0.453 e. The quantitative estimate of drug-likeness (QED) is 0.325. The molecule has 10 nitrogen and oxygen atoms in total. The number of nitrogens with one attached hydrogen (secondary N) is 2. The monoisotopic (exact) mass is 652 g/mol. The number of halogens is 1. The molecule has 3 heterocycles. The van der Waals surface area contributed by atoms with Crippen molar-refractivity contribution in [3.05, 3.63) is 69.2 Å². The highest BCUT2D eigenvalue weighted by Gasteiger charge is 2.43. The van der Waals surface area contributed by atoms with E-state index in [1.807, 2.05) is 44.2 Å².